The number of allylic oxidation sites excluding steroid dienone is 3. The van der Waals surface area contributed by atoms with E-state index < -0.39 is 0 Å². The fraction of sp³-hybridized carbons (Fsp3) is 0.333. The van der Waals surface area contributed by atoms with Crippen molar-refractivity contribution in [2.45, 2.75) is 25.7 Å². The first-order valence-electron chi connectivity index (χ1n) is 10.0. The Morgan fingerprint density at radius 2 is 1.93 bits per heavy atom. The highest BCUT2D eigenvalue weighted by Gasteiger charge is 2.35. The maximum atomic E-state index is 13.7. The number of carbonyl (C=O) groups excluding carboxylic acids is 1. The van der Waals surface area contributed by atoms with E-state index in [1.54, 1.807) is 0 Å². The Balaban J connectivity index is 1.63. The maximum absolute atomic E-state index is 13.7. The number of nitriles is 1. The van der Waals surface area contributed by atoms with Gasteiger partial charge >= 0.3 is 0 Å². The number of rotatable bonds is 3. The number of piperidine rings is 1. The van der Waals surface area contributed by atoms with Crippen molar-refractivity contribution < 1.29 is 4.79 Å². The Labute approximate surface area is 176 Å². The summed E-state index contributed by atoms with van der Waals surface area (Å²) in [6.07, 6.45) is 9.88. The largest absolute Gasteiger partial charge is 0.342 e. The van der Waals surface area contributed by atoms with Crippen molar-refractivity contribution in [1.29, 1.82) is 5.26 Å². The first-order chi connectivity index (χ1) is 14.1. The molecule has 0 saturated carbocycles. The van der Waals surface area contributed by atoms with Crippen LogP contribution in [0.4, 0.5) is 0 Å². The highest BCUT2D eigenvalue weighted by Crippen LogP contribution is 2.40. The van der Waals surface area contributed by atoms with E-state index in [1.165, 1.54) is 17.3 Å². The van der Waals surface area contributed by atoms with Crippen molar-refractivity contribution in [2.24, 2.45) is 0 Å². The Morgan fingerprint density at radius 3 is 2.59 bits per heavy atom. The van der Waals surface area contributed by atoms with Gasteiger partial charge in [0.25, 0.3) is 5.91 Å². The fourth-order valence-electron chi connectivity index (χ4n) is 4.45. The number of hydrogen-bond acceptors (Lipinski definition) is 4. The first-order valence-corrected chi connectivity index (χ1v) is 11.2. The van der Waals surface area contributed by atoms with Gasteiger partial charge in [-0.25, -0.2) is 0 Å². The molecule has 4 rings (SSSR count). The molecule has 1 aromatic carbocycles. The number of nitrogens with zero attached hydrogens (tertiary/aromatic N) is 3. The molecular formula is C24H25N3OS. The highest BCUT2D eigenvalue weighted by atomic mass is 32.2. The van der Waals surface area contributed by atoms with Crippen LogP contribution in [-0.2, 0) is 4.79 Å². The smallest absolute Gasteiger partial charge is 0.257 e. The number of carbonyl (C=O) groups is 1. The van der Waals surface area contributed by atoms with E-state index in [2.05, 4.69) is 30.3 Å². The SMILES string of the molecule is CSC1=C(C#N)CN2C=CC=C(C)C2=C1C(=O)N1CCC(c2ccccc2)CC1. The molecule has 0 bridgehead atoms. The molecule has 0 N–H and O–H groups in total. The first kappa shape index (κ1) is 19.6. The summed E-state index contributed by atoms with van der Waals surface area (Å²) in [5.74, 6) is 0.557. The van der Waals surface area contributed by atoms with E-state index in [1.807, 2.05) is 47.4 Å². The summed E-state index contributed by atoms with van der Waals surface area (Å²) in [6.45, 7) is 4.06. The third-order valence-electron chi connectivity index (χ3n) is 5.95. The lowest BCUT2D eigenvalue weighted by atomic mass is 9.88. The molecule has 1 amide bonds. The van der Waals surface area contributed by atoms with Crippen LogP contribution in [0.25, 0.3) is 0 Å². The zero-order valence-electron chi connectivity index (χ0n) is 16.9. The lowest BCUT2D eigenvalue weighted by Gasteiger charge is -2.37. The molecule has 1 aromatic rings. The third kappa shape index (κ3) is 3.65. The van der Waals surface area contributed by atoms with E-state index in [4.69, 9.17) is 0 Å². The second kappa shape index (κ2) is 8.34. The fourth-order valence-corrected chi connectivity index (χ4v) is 5.20. The molecule has 0 unspecified atom stereocenters. The van der Waals surface area contributed by atoms with Crippen LogP contribution in [0.3, 0.4) is 0 Å². The van der Waals surface area contributed by atoms with Crippen LogP contribution in [0.5, 0.6) is 0 Å². The lowest BCUT2D eigenvalue weighted by Crippen LogP contribution is -2.41. The summed E-state index contributed by atoms with van der Waals surface area (Å²) in [7, 11) is 0. The second-order valence-electron chi connectivity index (χ2n) is 7.64. The summed E-state index contributed by atoms with van der Waals surface area (Å²) in [5.41, 5.74) is 4.74. The normalized spacial score (nSPS) is 19.8. The van der Waals surface area contributed by atoms with E-state index in [9.17, 15) is 10.1 Å². The van der Waals surface area contributed by atoms with E-state index >= 15 is 0 Å². The molecule has 0 radical (unpaired) electrons. The zero-order chi connectivity index (χ0) is 20.4. The Bertz CT molecular complexity index is 973. The molecule has 0 spiro atoms. The Morgan fingerprint density at radius 1 is 1.21 bits per heavy atom. The van der Waals surface area contributed by atoms with Crippen LogP contribution in [0.1, 0.15) is 31.2 Å². The second-order valence-corrected chi connectivity index (χ2v) is 8.46. The monoisotopic (exact) mass is 403 g/mol. The van der Waals surface area contributed by atoms with Gasteiger partial charge in [0.05, 0.1) is 29.5 Å². The summed E-state index contributed by atoms with van der Waals surface area (Å²) in [5, 5.41) is 9.69. The van der Waals surface area contributed by atoms with Gasteiger partial charge in [0.15, 0.2) is 0 Å². The van der Waals surface area contributed by atoms with Crippen molar-refractivity contribution >= 4 is 17.7 Å². The summed E-state index contributed by atoms with van der Waals surface area (Å²) in [6, 6.07) is 12.9. The Hall–Kier alpha value is -2.71. The third-order valence-corrected chi connectivity index (χ3v) is 6.80. The van der Waals surface area contributed by atoms with Gasteiger partial charge in [0.1, 0.15) is 0 Å². The van der Waals surface area contributed by atoms with Crippen LogP contribution < -0.4 is 0 Å². The lowest BCUT2D eigenvalue weighted by molar-refractivity contribution is -0.128. The van der Waals surface area contributed by atoms with E-state index in [0.29, 0.717) is 23.6 Å². The number of benzene rings is 1. The van der Waals surface area contributed by atoms with Gasteiger partial charge < -0.3 is 9.80 Å². The molecule has 1 fully saturated rings. The van der Waals surface area contributed by atoms with Gasteiger partial charge in [0.2, 0.25) is 0 Å². The van der Waals surface area contributed by atoms with Gasteiger partial charge in [-0.1, -0.05) is 36.4 Å². The molecule has 0 aliphatic carbocycles. The zero-order valence-corrected chi connectivity index (χ0v) is 17.7. The Kier molecular flexibility index (Phi) is 5.64. The minimum Gasteiger partial charge on any atom is -0.342 e. The molecule has 5 heteroatoms. The summed E-state index contributed by atoms with van der Waals surface area (Å²) < 4.78 is 0. The van der Waals surface area contributed by atoms with Crippen LogP contribution in [0.15, 0.2) is 76.0 Å². The van der Waals surface area contributed by atoms with Gasteiger partial charge in [-0.2, -0.15) is 5.26 Å². The van der Waals surface area contributed by atoms with Crippen molar-refractivity contribution in [1.82, 2.24) is 9.80 Å². The molecule has 148 valence electrons. The van der Waals surface area contributed by atoms with Crippen LogP contribution >= 0.6 is 11.8 Å². The molecule has 1 saturated heterocycles. The molecule has 3 aliphatic heterocycles. The van der Waals surface area contributed by atoms with Crippen molar-refractivity contribution in [2.75, 3.05) is 25.9 Å². The summed E-state index contributed by atoms with van der Waals surface area (Å²) >= 11 is 1.51. The van der Waals surface area contributed by atoms with Crippen molar-refractivity contribution in [3.05, 3.63) is 81.6 Å². The number of fused-ring (bicyclic) bond motifs is 1. The minimum atomic E-state index is 0.0522. The molecule has 29 heavy (non-hydrogen) atoms. The molecule has 3 heterocycles. The molecule has 0 atom stereocenters. The van der Waals surface area contributed by atoms with E-state index in [0.717, 1.165) is 42.1 Å². The molecule has 3 aliphatic rings. The van der Waals surface area contributed by atoms with Crippen molar-refractivity contribution in [3.8, 4) is 6.07 Å². The highest BCUT2D eigenvalue weighted by molar-refractivity contribution is 8.02. The van der Waals surface area contributed by atoms with Gasteiger partial charge in [-0.3, -0.25) is 4.79 Å². The minimum absolute atomic E-state index is 0.0522. The number of amides is 1. The summed E-state index contributed by atoms with van der Waals surface area (Å²) in [4.78, 5) is 18.5. The standard InChI is InChI=1S/C24H25N3OS/c1-17-7-6-12-27-16-20(15-25)23(29-2)21(22(17)27)24(28)26-13-10-19(11-14-26)18-8-4-3-5-9-18/h3-9,12,19H,10-11,13-14,16H2,1-2H3. The van der Waals surface area contributed by atoms with Crippen LogP contribution in [-0.4, -0.2) is 41.6 Å². The van der Waals surface area contributed by atoms with Crippen LogP contribution in [0, 0.1) is 11.3 Å². The van der Waals surface area contributed by atoms with Gasteiger partial charge in [-0.15, -0.1) is 11.8 Å². The average molecular weight is 404 g/mol. The quantitative estimate of drug-likeness (QED) is 0.741. The molecule has 4 nitrogen and oxygen atoms in total. The number of thioether (sulfide) groups is 1. The molecule has 0 aromatic heterocycles. The predicted octanol–water partition coefficient (Wildman–Crippen LogP) is 4.58. The maximum Gasteiger partial charge on any atom is 0.257 e. The van der Waals surface area contributed by atoms with Gasteiger partial charge in [-0.05, 0) is 49.2 Å². The number of hydrogen-bond donors (Lipinski definition) is 0. The van der Waals surface area contributed by atoms with Gasteiger partial charge in [0, 0.05) is 24.2 Å². The average Bonchev–Trinajstić information content (AvgIpc) is 2.78. The van der Waals surface area contributed by atoms with E-state index in [-0.39, 0.29) is 5.91 Å². The topological polar surface area (TPSA) is 47.3 Å². The van der Waals surface area contributed by atoms with Crippen LogP contribution in [0.2, 0.25) is 0 Å². The van der Waals surface area contributed by atoms with Crippen molar-refractivity contribution in [3.63, 3.8) is 0 Å². The molecular weight excluding hydrogens is 378 g/mol. The number of likely N-dealkylation sites (tertiary alicyclic amines) is 1. The predicted molar refractivity (Wildman–Crippen MR) is 118 cm³/mol.